The molecule has 0 spiro atoms. The van der Waals surface area contributed by atoms with Crippen molar-refractivity contribution in [2.75, 3.05) is 0 Å². The van der Waals surface area contributed by atoms with E-state index in [1.807, 2.05) is 48.5 Å². The van der Waals surface area contributed by atoms with Gasteiger partial charge in [-0.2, -0.15) is 0 Å². The number of Topliss-reactive ketones (excluding diaryl/α,β-unsaturated/α-hetero) is 1. The van der Waals surface area contributed by atoms with Crippen LogP contribution in [0.5, 0.6) is 0 Å². The summed E-state index contributed by atoms with van der Waals surface area (Å²) < 4.78 is 0. The molecule has 2 heteroatoms. The van der Waals surface area contributed by atoms with Crippen molar-refractivity contribution in [1.29, 1.82) is 0 Å². The van der Waals surface area contributed by atoms with Crippen molar-refractivity contribution in [1.82, 2.24) is 0 Å². The van der Waals surface area contributed by atoms with E-state index in [1.54, 1.807) is 19.1 Å². The van der Waals surface area contributed by atoms with Gasteiger partial charge in [0.1, 0.15) is 6.29 Å². The lowest BCUT2D eigenvalue weighted by molar-refractivity contribution is 0.101. The monoisotopic (exact) mass is 226 g/mol. The molecule has 0 aliphatic carbocycles. The minimum absolute atomic E-state index is 0.121. The van der Waals surface area contributed by atoms with Gasteiger partial charge in [0.2, 0.25) is 0 Å². The number of carbonyl (C=O) groups excluding carboxylic acids is 2. The van der Waals surface area contributed by atoms with Gasteiger partial charge in [0, 0.05) is 11.1 Å². The van der Waals surface area contributed by atoms with E-state index in [0.29, 0.717) is 0 Å². The zero-order valence-electron chi connectivity index (χ0n) is 9.67. The van der Waals surface area contributed by atoms with Crippen LogP contribution in [0.3, 0.4) is 0 Å². The quantitative estimate of drug-likeness (QED) is 0.581. The number of hydrogen-bond acceptors (Lipinski definition) is 2. The summed E-state index contributed by atoms with van der Waals surface area (Å²) in [5, 5.41) is 0. The predicted molar refractivity (Wildman–Crippen MR) is 68.3 cm³/mol. The highest BCUT2D eigenvalue weighted by atomic mass is 16.1. The molecule has 2 rings (SSSR count). The smallest absolute Gasteiger partial charge is 0.159 e. The van der Waals surface area contributed by atoms with E-state index >= 15 is 0 Å². The van der Waals surface area contributed by atoms with E-state index in [1.165, 1.54) is 0 Å². The Morgan fingerprint density at radius 2 is 1.35 bits per heavy atom. The fourth-order valence-corrected chi connectivity index (χ4v) is 1.20. The minimum Gasteiger partial charge on any atom is -0.298 e. The van der Waals surface area contributed by atoms with E-state index < -0.39 is 0 Å². The SMILES string of the molecule is CC(=O)c1ccccc1.O=Cc1ccccc1. The lowest BCUT2D eigenvalue weighted by Crippen LogP contribution is -1.88. The zero-order valence-corrected chi connectivity index (χ0v) is 9.67. The van der Waals surface area contributed by atoms with Crippen molar-refractivity contribution < 1.29 is 9.59 Å². The highest BCUT2D eigenvalue weighted by Crippen LogP contribution is 1.97. The molecule has 0 heterocycles. The van der Waals surface area contributed by atoms with Gasteiger partial charge in [-0.05, 0) is 6.92 Å². The van der Waals surface area contributed by atoms with E-state index in [4.69, 9.17) is 0 Å². The number of hydrogen-bond donors (Lipinski definition) is 0. The molecular weight excluding hydrogens is 212 g/mol. The summed E-state index contributed by atoms with van der Waals surface area (Å²) in [7, 11) is 0. The zero-order chi connectivity index (χ0) is 12.5. The first kappa shape index (κ1) is 12.8. The van der Waals surface area contributed by atoms with Crippen molar-refractivity contribution in [3.8, 4) is 0 Å². The topological polar surface area (TPSA) is 34.1 Å². The second kappa shape index (κ2) is 7.12. The van der Waals surface area contributed by atoms with Gasteiger partial charge in [-0.25, -0.2) is 0 Å². The van der Waals surface area contributed by atoms with Crippen molar-refractivity contribution in [3.05, 3.63) is 71.8 Å². The molecule has 0 amide bonds. The van der Waals surface area contributed by atoms with Crippen molar-refractivity contribution >= 4 is 12.1 Å². The van der Waals surface area contributed by atoms with Gasteiger partial charge in [0.15, 0.2) is 5.78 Å². The molecule has 2 aromatic carbocycles. The average Bonchev–Trinajstić information content (AvgIpc) is 2.41. The van der Waals surface area contributed by atoms with Crippen LogP contribution in [0, 0.1) is 0 Å². The summed E-state index contributed by atoms with van der Waals surface area (Å²) in [6, 6.07) is 18.3. The Balaban J connectivity index is 0.000000171. The van der Waals surface area contributed by atoms with Crippen LogP contribution < -0.4 is 0 Å². The molecule has 0 aromatic heterocycles. The Hall–Kier alpha value is -2.22. The van der Waals surface area contributed by atoms with Crippen LogP contribution in [0.15, 0.2) is 60.7 Å². The van der Waals surface area contributed by atoms with Crippen LogP contribution in [0.2, 0.25) is 0 Å². The fraction of sp³-hybridized carbons (Fsp3) is 0.0667. The van der Waals surface area contributed by atoms with Gasteiger partial charge in [-0.1, -0.05) is 60.7 Å². The Morgan fingerprint density at radius 1 is 0.882 bits per heavy atom. The Bertz CT molecular complexity index is 461. The molecule has 0 saturated heterocycles. The molecule has 0 aliphatic rings. The molecule has 0 atom stereocenters. The van der Waals surface area contributed by atoms with Crippen molar-refractivity contribution in [3.63, 3.8) is 0 Å². The molecule has 2 aromatic rings. The normalized spacial score (nSPS) is 8.76. The van der Waals surface area contributed by atoms with E-state index in [2.05, 4.69) is 0 Å². The lowest BCUT2D eigenvalue weighted by atomic mass is 10.2. The first-order valence-corrected chi connectivity index (χ1v) is 5.30. The third-order valence-electron chi connectivity index (χ3n) is 2.12. The molecule has 0 radical (unpaired) electrons. The first-order chi connectivity index (χ1) is 8.24. The lowest BCUT2D eigenvalue weighted by Gasteiger charge is -1.89. The maximum absolute atomic E-state index is 10.6. The summed E-state index contributed by atoms with van der Waals surface area (Å²) in [5.41, 5.74) is 1.50. The molecule has 17 heavy (non-hydrogen) atoms. The fourth-order valence-electron chi connectivity index (χ4n) is 1.20. The van der Waals surface area contributed by atoms with Gasteiger partial charge in [0.25, 0.3) is 0 Å². The molecule has 0 saturated carbocycles. The number of ketones is 1. The Morgan fingerprint density at radius 3 is 1.65 bits per heavy atom. The van der Waals surface area contributed by atoms with Crippen LogP contribution in [-0.4, -0.2) is 12.1 Å². The van der Waals surface area contributed by atoms with Crippen LogP contribution in [-0.2, 0) is 0 Å². The van der Waals surface area contributed by atoms with Crippen LogP contribution in [0.4, 0.5) is 0 Å². The molecule has 2 nitrogen and oxygen atoms in total. The maximum atomic E-state index is 10.6. The van der Waals surface area contributed by atoms with Crippen LogP contribution >= 0.6 is 0 Å². The van der Waals surface area contributed by atoms with Crippen LogP contribution in [0.25, 0.3) is 0 Å². The van der Waals surface area contributed by atoms with Crippen molar-refractivity contribution in [2.24, 2.45) is 0 Å². The molecule has 0 unspecified atom stereocenters. The second-order valence-electron chi connectivity index (χ2n) is 3.45. The molecule has 0 aliphatic heterocycles. The van der Waals surface area contributed by atoms with E-state index in [9.17, 15) is 9.59 Å². The van der Waals surface area contributed by atoms with Crippen molar-refractivity contribution in [2.45, 2.75) is 6.92 Å². The summed E-state index contributed by atoms with van der Waals surface area (Å²) in [6.45, 7) is 1.56. The number of aldehydes is 1. The van der Waals surface area contributed by atoms with Crippen LogP contribution in [0.1, 0.15) is 27.6 Å². The van der Waals surface area contributed by atoms with Gasteiger partial charge < -0.3 is 0 Å². The molecular formula is C15H14O2. The molecule has 0 bridgehead atoms. The first-order valence-electron chi connectivity index (χ1n) is 5.30. The Kier molecular flexibility index (Phi) is 5.38. The molecule has 0 N–H and O–H groups in total. The Labute approximate surface area is 101 Å². The third kappa shape index (κ3) is 4.89. The number of rotatable bonds is 2. The second-order valence-corrected chi connectivity index (χ2v) is 3.45. The largest absolute Gasteiger partial charge is 0.298 e. The average molecular weight is 226 g/mol. The third-order valence-corrected chi connectivity index (χ3v) is 2.12. The van der Waals surface area contributed by atoms with Gasteiger partial charge in [0.05, 0.1) is 0 Å². The number of carbonyl (C=O) groups is 2. The number of benzene rings is 2. The van der Waals surface area contributed by atoms with Gasteiger partial charge >= 0.3 is 0 Å². The predicted octanol–water partition coefficient (Wildman–Crippen LogP) is 3.39. The van der Waals surface area contributed by atoms with E-state index in [0.717, 1.165) is 17.4 Å². The highest BCUT2D eigenvalue weighted by Gasteiger charge is 1.92. The minimum atomic E-state index is 0.121. The highest BCUT2D eigenvalue weighted by molar-refractivity contribution is 5.93. The van der Waals surface area contributed by atoms with Gasteiger partial charge in [-0.15, -0.1) is 0 Å². The summed E-state index contributed by atoms with van der Waals surface area (Å²) in [6.07, 6.45) is 0.833. The summed E-state index contributed by atoms with van der Waals surface area (Å²) in [4.78, 5) is 20.7. The maximum Gasteiger partial charge on any atom is 0.159 e. The molecule has 86 valence electrons. The summed E-state index contributed by atoms with van der Waals surface area (Å²) in [5.74, 6) is 0.121. The standard InChI is InChI=1S/C8H8O.C7H6O/c1-7(9)8-5-3-2-4-6-8;8-6-7-4-2-1-3-5-7/h2-6H,1H3;1-6H. The summed E-state index contributed by atoms with van der Waals surface area (Å²) >= 11 is 0. The van der Waals surface area contributed by atoms with E-state index in [-0.39, 0.29) is 5.78 Å². The van der Waals surface area contributed by atoms with Gasteiger partial charge in [-0.3, -0.25) is 9.59 Å². The molecule has 0 fully saturated rings.